The van der Waals surface area contributed by atoms with Crippen molar-refractivity contribution in [1.82, 2.24) is 0 Å². The van der Waals surface area contributed by atoms with Gasteiger partial charge in [-0.25, -0.2) is 0 Å². The van der Waals surface area contributed by atoms with Crippen molar-refractivity contribution in [2.75, 3.05) is 10.6 Å². The third-order valence-corrected chi connectivity index (χ3v) is 5.02. The van der Waals surface area contributed by atoms with Crippen LogP contribution in [-0.4, -0.2) is 11.8 Å². The highest BCUT2D eigenvalue weighted by Gasteiger charge is 2.08. The first-order valence-electron chi connectivity index (χ1n) is 9.50. The summed E-state index contributed by atoms with van der Waals surface area (Å²) in [5, 5.41) is 6.70. The number of hydrogen-bond acceptors (Lipinski definition) is 2. The van der Waals surface area contributed by atoms with E-state index in [2.05, 4.69) is 10.6 Å². The number of amides is 2. The average molecular weight is 451 g/mol. The van der Waals surface area contributed by atoms with Crippen molar-refractivity contribution < 1.29 is 9.59 Å². The Morgan fingerprint density at radius 3 is 1.71 bits per heavy atom. The minimum Gasteiger partial charge on any atom is -0.321 e. The highest BCUT2D eigenvalue weighted by molar-refractivity contribution is 6.32. The van der Waals surface area contributed by atoms with Crippen LogP contribution in [0.2, 0.25) is 10.0 Å². The molecule has 3 aromatic rings. The minimum atomic E-state index is -0.342. The number of aryl methyl sites for hydroxylation is 1. The van der Waals surface area contributed by atoms with Crippen LogP contribution in [-0.2, 0) is 9.59 Å². The molecule has 0 saturated heterocycles. The first-order chi connectivity index (χ1) is 14.9. The van der Waals surface area contributed by atoms with Crippen molar-refractivity contribution >= 4 is 58.5 Å². The van der Waals surface area contributed by atoms with Crippen LogP contribution >= 0.6 is 23.2 Å². The second-order valence-electron chi connectivity index (χ2n) is 6.74. The Labute approximate surface area is 191 Å². The van der Waals surface area contributed by atoms with E-state index in [0.717, 1.165) is 16.7 Å². The van der Waals surface area contributed by atoms with Crippen molar-refractivity contribution in [3.05, 3.63) is 106 Å². The fourth-order valence-corrected chi connectivity index (χ4v) is 3.17. The van der Waals surface area contributed by atoms with Gasteiger partial charge in [-0.3, -0.25) is 9.59 Å². The Kier molecular flexibility index (Phi) is 7.65. The molecule has 3 aromatic carbocycles. The highest BCUT2D eigenvalue weighted by atomic mass is 35.5. The predicted octanol–water partition coefficient (Wildman–Crippen LogP) is 6.61. The fraction of sp³-hybridized carbons (Fsp3) is 0.0400. The molecule has 0 atom stereocenters. The van der Waals surface area contributed by atoms with E-state index < -0.39 is 0 Å². The van der Waals surface area contributed by atoms with E-state index in [9.17, 15) is 9.59 Å². The molecule has 4 nitrogen and oxygen atoms in total. The molecule has 2 amide bonds. The summed E-state index contributed by atoms with van der Waals surface area (Å²) in [4.78, 5) is 24.8. The number of carbonyl (C=O) groups is 2. The van der Waals surface area contributed by atoms with Gasteiger partial charge in [0, 0.05) is 22.2 Å². The Balaban J connectivity index is 1.71. The number of hydrogen-bond donors (Lipinski definition) is 2. The number of rotatable bonds is 6. The lowest BCUT2D eigenvalue weighted by molar-refractivity contribution is -0.112. The lowest BCUT2D eigenvalue weighted by atomic mass is 10.1. The monoisotopic (exact) mass is 450 g/mol. The topological polar surface area (TPSA) is 58.2 Å². The number of carbonyl (C=O) groups excluding carboxylic acids is 2. The van der Waals surface area contributed by atoms with Crippen LogP contribution in [0, 0.1) is 6.92 Å². The van der Waals surface area contributed by atoms with E-state index in [-0.39, 0.29) is 11.8 Å². The first kappa shape index (κ1) is 22.3. The van der Waals surface area contributed by atoms with Gasteiger partial charge in [0.1, 0.15) is 0 Å². The van der Waals surface area contributed by atoms with E-state index in [1.165, 1.54) is 12.2 Å². The van der Waals surface area contributed by atoms with Gasteiger partial charge < -0.3 is 10.6 Å². The van der Waals surface area contributed by atoms with Gasteiger partial charge in [0.2, 0.25) is 11.8 Å². The van der Waals surface area contributed by atoms with Crippen LogP contribution < -0.4 is 10.6 Å². The van der Waals surface area contributed by atoms with Gasteiger partial charge in [0.05, 0.1) is 11.4 Å². The van der Waals surface area contributed by atoms with Crippen molar-refractivity contribution in [2.45, 2.75) is 6.92 Å². The largest absolute Gasteiger partial charge is 0.321 e. The summed E-state index contributed by atoms with van der Waals surface area (Å²) >= 11 is 12.2. The molecular formula is C25H20Cl2N2O2. The summed E-state index contributed by atoms with van der Waals surface area (Å²) in [6.45, 7) is 1.90. The maximum absolute atomic E-state index is 12.4. The van der Waals surface area contributed by atoms with E-state index in [1.54, 1.807) is 36.4 Å². The molecule has 0 radical (unpaired) electrons. The SMILES string of the molecule is Cc1ccc(NC(=O)C=Cc2ccccc2Cl)c(NC(=O)C=Cc2ccccc2Cl)c1. The third kappa shape index (κ3) is 6.57. The van der Waals surface area contributed by atoms with Gasteiger partial charge in [0.25, 0.3) is 0 Å². The maximum Gasteiger partial charge on any atom is 0.248 e. The Bertz CT molecular complexity index is 1170. The molecule has 31 heavy (non-hydrogen) atoms. The normalized spacial score (nSPS) is 11.1. The molecule has 0 aliphatic rings. The summed E-state index contributed by atoms with van der Waals surface area (Å²) in [5.74, 6) is -0.682. The van der Waals surface area contributed by atoms with E-state index >= 15 is 0 Å². The van der Waals surface area contributed by atoms with Crippen LogP contribution in [0.1, 0.15) is 16.7 Å². The van der Waals surface area contributed by atoms with Gasteiger partial charge in [0.15, 0.2) is 0 Å². The van der Waals surface area contributed by atoms with Crippen LogP contribution in [0.5, 0.6) is 0 Å². The molecule has 0 spiro atoms. The molecule has 156 valence electrons. The molecule has 6 heteroatoms. The minimum absolute atomic E-state index is 0.340. The van der Waals surface area contributed by atoms with Crippen LogP contribution in [0.25, 0.3) is 12.2 Å². The highest BCUT2D eigenvalue weighted by Crippen LogP contribution is 2.24. The van der Waals surface area contributed by atoms with Crippen molar-refractivity contribution in [3.63, 3.8) is 0 Å². The zero-order valence-electron chi connectivity index (χ0n) is 16.7. The lowest BCUT2D eigenvalue weighted by Crippen LogP contribution is -2.14. The summed E-state index contributed by atoms with van der Waals surface area (Å²) in [6.07, 6.45) is 6.06. The van der Waals surface area contributed by atoms with Crippen molar-refractivity contribution in [3.8, 4) is 0 Å². The summed E-state index contributed by atoms with van der Waals surface area (Å²) in [7, 11) is 0. The fourth-order valence-electron chi connectivity index (χ4n) is 2.77. The predicted molar refractivity (Wildman–Crippen MR) is 129 cm³/mol. The molecule has 0 aliphatic carbocycles. The second-order valence-corrected chi connectivity index (χ2v) is 7.55. The van der Waals surface area contributed by atoms with E-state index in [4.69, 9.17) is 23.2 Å². The smallest absolute Gasteiger partial charge is 0.248 e. The molecule has 0 aliphatic heterocycles. The van der Waals surface area contributed by atoms with Gasteiger partial charge in [-0.05, 0) is 60.0 Å². The van der Waals surface area contributed by atoms with E-state index in [1.807, 2.05) is 49.4 Å². The standard InChI is InChI=1S/C25H20Cl2N2O2/c1-17-10-13-22(28-24(30)14-11-18-6-2-4-8-20(18)26)23(16-17)29-25(31)15-12-19-7-3-5-9-21(19)27/h2-16H,1H3,(H,28,30)(H,29,31). The van der Waals surface area contributed by atoms with Gasteiger partial charge in [-0.2, -0.15) is 0 Å². The van der Waals surface area contributed by atoms with Crippen LogP contribution in [0.3, 0.4) is 0 Å². The maximum atomic E-state index is 12.4. The number of nitrogens with one attached hydrogen (secondary N) is 2. The molecule has 0 bridgehead atoms. The lowest BCUT2D eigenvalue weighted by Gasteiger charge is -2.11. The number of halogens is 2. The molecule has 2 N–H and O–H groups in total. The van der Waals surface area contributed by atoms with Gasteiger partial charge >= 0.3 is 0 Å². The zero-order chi connectivity index (χ0) is 22.2. The van der Waals surface area contributed by atoms with Crippen LogP contribution in [0.4, 0.5) is 11.4 Å². The second kappa shape index (κ2) is 10.6. The third-order valence-electron chi connectivity index (χ3n) is 4.33. The molecule has 0 aromatic heterocycles. The molecule has 0 fully saturated rings. The first-order valence-corrected chi connectivity index (χ1v) is 10.3. The molecular weight excluding hydrogens is 431 g/mol. The molecule has 3 rings (SSSR count). The molecule has 0 saturated carbocycles. The van der Waals surface area contributed by atoms with E-state index in [0.29, 0.717) is 21.4 Å². The Morgan fingerprint density at radius 2 is 1.19 bits per heavy atom. The van der Waals surface area contributed by atoms with Gasteiger partial charge in [-0.15, -0.1) is 0 Å². The Morgan fingerprint density at radius 1 is 0.710 bits per heavy atom. The van der Waals surface area contributed by atoms with Crippen molar-refractivity contribution in [2.24, 2.45) is 0 Å². The number of anilines is 2. The summed E-state index contributed by atoms with van der Waals surface area (Å²) in [5.41, 5.74) is 3.39. The number of benzene rings is 3. The summed E-state index contributed by atoms with van der Waals surface area (Å²) in [6, 6.07) is 19.8. The molecule has 0 unspecified atom stereocenters. The van der Waals surface area contributed by atoms with Crippen LogP contribution in [0.15, 0.2) is 78.9 Å². The summed E-state index contributed by atoms with van der Waals surface area (Å²) < 4.78 is 0. The Hall–Kier alpha value is -3.34. The van der Waals surface area contributed by atoms with Crippen molar-refractivity contribution in [1.29, 1.82) is 0 Å². The zero-order valence-corrected chi connectivity index (χ0v) is 18.2. The quantitative estimate of drug-likeness (QED) is 0.415. The van der Waals surface area contributed by atoms with Gasteiger partial charge in [-0.1, -0.05) is 65.7 Å². The average Bonchev–Trinajstić information content (AvgIpc) is 2.74. The molecule has 0 heterocycles.